The molecule has 1 amide bonds. The third kappa shape index (κ3) is 4.64. The number of aryl methyl sites for hydroxylation is 1. The highest BCUT2D eigenvalue weighted by molar-refractivity contribution is 5.92. The van der Waals surface area contributed by atoms with Crippen molar-refractivity contribution >= 4 is 5.91 Å². The number of aliphatic hydroxyl groups excluding tert-OH is 2. The second kappa shape index (κ2) is 8.49. The van der Waals surface area contributed by atoms with Crippen molar-refractivity contribution in [1.29, 1.82) is 0 Å². The molecule has 1 aromatic heterocycles. The lowest BCUT2D eigenvalue weighted by Crippen LogP contribution is -2.57. The summed E-state index contributed by atoms with van der Waals surface area (Å²) >= 11 is 0. The summed E-state index contributed by atoms with van der Waals surface area (Å²) in [5, 5.41) is 27.7. The molecule has 2 aromatic rings. The molecule has 0 radical (unpaired) electrons. The van der Waals surface area contributed by atoms with Crippen LogP contribution >= 0.6 is 0 Å². The number of aromatic nitrogens is 2. The number of ether oxygens (including phenoxy) is 1. The monoisotopic (exact) mass is 377 g/mol. The Labute approximate surface area is 156 Å². The number of carbonyl (C=O) groups excluding carboxylic acids is 1. The van der Waals surface area contributed by atoms with Crippen molar-refractivity contribution in [3.8, 4) is 5.75 Å². The molecule has 3 rings (SSSR count). The van der Waals surface area contributed by atoms with E-state index >= 15 is 0 Å². The van der Waals surface area contributed by atoms with Crippen molar-refractivity contribution in [3.63, 3.8) is 0 Å². The first-order valence-electron chi connectivity index (χ1n) is 9.10. The van der Waals surface area contributed by atoms with E-state index in [1.807, 2.05) is 6.92 Å². The van der Waals surface area contributed by atoms with Crippen LogP contribution in [0.2, 0.25) is 0 Å². The lowest BCUT2D eigenvalue weighted by Gasteiger charge is -2.37. The first kappa shape index (κ1) is 19.3. The van der Waals surface area contributed by atoms with Crippen LogP contribution in [-0.2, 0) is 6.54 Å². The lowest BCUT2D eigenvalue weighted by molar-refractivity contribution is -0.0875. The van der Waals surface area contributed by atoms with Crippen molar-refractivity contribution in [2.45, 2.75) is 57.1 Å². The average molecular weight is 377 g/mol. The summed E-state index contributed by atoms with van der Waals surface area (Å²) in [6.45, 7) is 2.74. The molecule has 1 saturated carbocycles. The predicted octanol–water partition coefficient (Wildman–Crippen LogP) is 1.49. The number of nitrogens with one attached hydrogen (secondary N) is 1. The van der Waals surface area contributed by atoms with Crippen molar-refractivity contribution in [3.05, 3.63) is 48.0 Å². The van der Waals surface area contributed by atoms with Crippen LogP contribution in [0.4, 0.5) is 4.39 Å². The van der Waals surface area contributed by atoms with Gasteiger partial charge in [0.15, 0.2) is 0 Å². The van der Waals surface area contributed by atoms with Gasteiger partial charge in [-0.3, -0.25) is 9.48 Å². The van der Waals surface area contributed by atoms with Crippen LogP contribution in [-0.4, -0.2) is 50.3 Å². The van der Waals surface area contributed by atoms with Gasteiger partial charge in [0.25, 0.3) is 5.91 Å². The van der Waals surface area contributed by atoms with E-state index in [0.29, 0.717) is 12.8 Å². The molecule has 7 nitrogen and oxygen atoms in total. The van der Waals surface area contributed by atoms with E-state index < -0.39 is 36.1 Å². The Hall–Kier alpha value is -2.45. The number of amides is 1. The third-order valence-electron chi connectivity index (χ3n) is 4.63. The molecule has 3 N–H and O–H groups in total. The average Bonchev–Trinajstić information content (AvgIpc) is 3.11. The highest BCUT2D eigenvalue weighted by atomic mass is 19.1. The summed E-state index contributed by atoms with van der Waals surface area (Å²) in [4.78, 5) is 12.3. The summed E-state index contributed by atoms with van der Waals surface area (Å²) in [6, 6.07) is 6.62. The Bertz CT molecular complexity index is 782. The Kier molecular flexibility index (Phi) is 6.08. The van der Waals surface area contributed by atoms with Crippen LogP contribution < -0.4 is 10.1 Å². The molecule has 4 atom stereocenters. The van der Waals surface area contributed by atoms with Gasteiger partial charge in [-0.15, -0.1) is 0 Å². The molecule has 0 unspecified atom stereocenters. The summed E-state index contributed by atoms with van der Waals surface area (Å²) < 4.78 is 20.6. The zero-order chi connectivity index (χ0) is 19.4. The van der Waals surface area contributed by atoms with Crippen LogP contribution in [0.1, 0.15) is 36.7 Å². The van der Waals surface area contributed by atoms with Crippen molar-refractivity contribution in [2.24, 2.45) is 0 Å². The Morgan fingerprint density at radius 2 is 2.15 bits per heavy atom. The summed E-state index contributed by atoms with van der Waals surface area (Å²) in [7, 11) is 0. The Morgan fingerprint density at radius 3 is 2.89 bits per heavy atom. The number of benzene rings is 1. The molecule has 8 heteroatoms. The highest BCUT2D eigenvalue weighted by Crippen LogP contribution is 2.25. The first-order valence-corrected chi connectivity index (χ1v) is 9.10. The van der Waals surface area contributed by atoms with Gasteiger partial charge in [0, 0.05) is 18.8 Å². The third-order valence-corrected chi connectivity index (χ3v) is 4.63. The van der Waals surface area contributed by atoms with E-state index in [1.165, 1.54) is 18.2 Å². The minimum atomic E-state index is -1.20. The fourth-order valence-electron chi connectivity index (χ4n) is 3.22. The van der Waals surface area contributed by atoms with Gasteiger partial charge in [0.1, 0.15) is 35.6 Å². The molecule has 0 saturated heterocycles. The van der Waals surface area contributed by atoms with E-state index in [2.05, 4.69) is 10.4 Å². The normalized spacial score (nSPS) is 25.2. The van der Waals surface area contributed by atoms with Crippen molar-refractivity contribution in [1.82, 2.24) is 15.1 Å². The van der Waals surface area contributed by atoms with Gasteiger partial charge in [0.2, 0.25) is 0 Å². The van der Waals surface area contributed by atoms with Crippen LogP contribution in [0.15, 0.2) is 36.5 Å². The number of hydrogen-bond donors (Lipinski definition) is 3. The number of halogens is 1. The fraction of sp³-hybridized carbons (Fsp3) is 0.474. The maximum absolute atomic E-state index is 13.3. The van der Waals surface area contributed by atoms with E-state index in [0.717, 1.165) is 13.0 Å². The van der Waals surface area contributed by atoms with Gasteiger partial charge in [-0.05, 0) is 37.5 Å². The Morgan fingerprint density at radius 1 is 1.33 bits per heavy atom. The zero-order valence-electron chi connectivity index (χ0n) is 15.1. The van der Waals surface area contributed by atoms with E-state index in [9.17, 15) is 19.4 Å². The van der Waals surface area contributed by atoms with Crippen molar-refractivity contribution in [2.75, 3.05) is 0 Å². The highest BCUT2D eigenvalue weighted by Gasteiger charge is 2.39. The standard InChI is InChI=1S/C19H24FN3O4/c1-2-9-23-10-8-15(22-23)19(26)21-14-6-7-16(18(25)17(14)24)27-13-5-3-4-12(20)11-13/h3-5,8,10-11,14,16-18,24-25H,2,6-7,9H2,1H3,(H,21,26)/t14-,16-,17+,18+/m1/s1. The van der Waals surface area contributed by atoms with Gasteiger partial charge < -0.3 is 20.3 Å². The molecule has 0 aliphatic heterocycles. The van der Waals surface area contributed by atoms with Crippen LogP contribution in [0.3, 0.4) is 0 Å². The molecule has 1 heterocycles. The van der Waals surface area contributed by atoms with Crippen LogP contribution in [0, 0.1) is 5.82 Å². The fourth-order valence-corrected chi connectivity index (χ4v) is 3.22. The van der Waals surface area contributed by atoms with Crippen molar-refractivity contribution < 1.29 is 24.1 Å². The van der Waals surface area contributed by atoms with E-state index in [-0.39, 0.29) is 11.4 Å². The van der Waals surface area contributed by atoms with Gasteiger partial charge in [0.05, 0.1) is 6.04 Å². The molecule has 146 valence electrons. The topological polar surface area (TPSA) is 96.6 Å². The second-order valence-electron chi connectivity index (χ2n) is 6.72. The minimum absolute atomic E-state index is 0.267. The molecule has 0 bridgehead atoms. The number of aliphatic hydroxyl groups is 2. The lowest BCUT2D eigenvalue weighted by atomic mass is 9.87. The molecular formula is C19H24FN3O4. The number of hydrogen-bond acceptors (Lipinski definition) is 5. The first-order chi connectivity index (χ1) is 13.0. The molecule has 1 fully saturated rings. The Balaban J connectivity index is 1.58. The van der Waals surface area contributed by atoms with Crippen LogP contribution in [0.25, 0.3) is 0 Å². The minimum Gasteiger partial charge on any atom is -0.488 e. The quantitative estimate of drug-likeness (QED) is 0.709. The smallest absolute Gasteiger partial charge is 0.272 e. The van der Waals surface area contributed by atoms with Gasteiger partial charge in [-0.1, -0.05) is 13.0 Å². The predicted molar refractivity (Wildman–Crippen MR) is 95.8 cm³/mol. The SMILES string of the molecule is CCCn1ccc(C(=O)N[C@@H]2CC[C@@H](Oc3cccc(F)c3)[C@H](O)[C@H]2O)n1. The molecule has 1 aromatic carbocycles. The molecular weight excluding hydrogens is 353 g/mol. The number of nitrogens with zero attached hydrogens (tertiary/aromatic N) is 2. The summed E-state index contributed by atoms with van der Waals surface area (Å²) in [5.41, 5.74) is 0.267. The molecule has 1 aliphatic carbocycles. The van der Waals surface area contributed by atoms with Gasteiger partial charge in [-0.25, -0.2) is 4.39 Å². The zero-order valence-corrected chi connectivity index (χ0v) is 15.1. The number of rotatable bonds is 6. The van der Waals surface area contributed by atoms with E-state index in [1.54, 1.807) is 23.0 Å². The van der Waals surface area contributed by atoms with Gasteiger partial charge >= 0.3 is 0 Å². The van der Waals surface area contributed by atoms with Crippen LogP contribution in [0.5, 0.6) is 5.75 Å². The largest absolute Gasteiger partial charge is 0.488 e. The summed E-state index contributed by atoms with van der Waals surface area (Å²) in [5.74, 6) is -0.549. The van der Waals surface area contributed by atoms with E-state index in [4.69, 9.17) is 4.74 Å². The molecule has 1 aliphatic rings. The molecule has 27 heavy (non-hydrogen) atoms. The second-order valence-corrected chi connectivity index (χ2v) is 6.72. The van der Waals surface area contributed by atoms with Gasteiger partial charge in [-0.2, -0.15) is 5.10 Å². The molecule has 0 spiro atoms. The number of carbonyl (C=O) groups is 1. The maximum atomic E-state index is 13.3. The maximum Gasteiger partial charge on any atom is 0.272 e. The summed E-state index contributed by atoms with van der Waals surface area (Å²) in [6.07, 6.45) is 0.377.